The second-order valence-corrected chi connectivity index (χ2v) is 7.56. The molecule has 0 saturated carbocycles. The molecular weight excluding hydrogens is 306 g/mol. The fraction of sp³-hybridized carbons (Fsp3) is 0.364. The summed E-state index contributed by atoms with van der Waals surface area (Å²) in [5.74, 6) is 1.32. The topological polar surface area (TPSA) is 11.4 Å². The molecule has 0 spiro atoms. The average molecular weight is 331 g/mol. The van der Waals surface area contributed by atoms with E-state index in [4.69, 9.17) is 0 Å². The number of nitrogens with zero attached hydrogens (tertiary/aromatic N) is 3. The third-order valence-corrected chi connectivity index (χ3v) is 6.44. The fourth-order valence-corrected chi connectivity index (χ4v) is 5.05. The van der Waals surface area contributed by atoms with Crippen molar-refractivity contribution in [3.05, 3.63) is 65.7 Å². The highest BCUT2D eigenvalue weighted by atomic mass is 15.4. The minimum atomic E-state index is 0.368. The van der Waals surface area contributed by atoms with Gasteiger partial charge in [0.15, 0.2) is 0 Å². The molecule has 3 heterocycles. The SMILES string of the molecule is C[C@H]1N(C)C2CCC(c3ccccc32)N1c1cc2ccccc2n1C. The Hall–Kier alpha value is -2.26. The Morgan fingerprint density at radius 1 is 0.840 bits per heavy atom. The molecule has 0 amide bonds. The molecule has 3 aromatic rings. The van der Waals surface area contributed by atoms with Crippen molar-refractivity contribution in [2.24, 2.45) is 7.05 Å². The predicted octanol–water partition coefficient (Wildman–Crippen LogP) is 4.85. The van der Waals surface area contributed by atoms with Gasteiger partial charge in [-0.3, -0.25) is 4.90 Å². The standard InChI is InChI=1S/C22H25N3/c1-15-23(2)20-12-13-21(18-10-6-5-9-17(18)20)25(15)22-14-16-8-4-7-11-19(16)24(22)3/h4-11,14-15,20-21H,12-13H2,1-3H3/t15-,20?,21?/m0/s1. The molecule has 2 unspecified atom stereocenters. The summed E-state index contributed by atoms with van der Waals surface area (Å²) >= 11 is 0. The van der Waals surface area contributed by atoms with Crippen molar-refractivity contribution in [3.63, 3.8) is 0 Å². The van der Waals surface area contributed by atoms with Gasteiger partial charge in [-0.15, -0.1) is 0 Å². The largest absolute Gasteiger partial charge is 0.335 e. The molecule has 25 heavy (non-hydrogen) atoms. The zero-order valence-corrected chi connectivity index (χ0v) is 15.2. The zero-order chi connectivity index (χ0) is 17.1. The smallest absolute Gasteiger partial charge is 0.111 e. The first-order valence-electron chi connectivity index (χ1n) is 9.30. The highest BCUT2D eigenvalue weighted by molar-refractivity contribution is 5.85. The van der Waals surface area contributed by atoms with Crippen LogP contribution in [0.15, 0.2) is 54.6 Å². The van der Waals surface area contributed by atoms with Crippen LogP contribution in [0.4, 0.5) is 5.82 Å². The van der Waals surface area contributed by atoms with Gasteiger partial charge in [0.1, 0.15) is 5.82 Å². The number of para-hydroxylation sites is 1. The van der Waals surface area contributed by atoms with Crippen LogP contribution in [0.3, 0.4) is 0 Å². The minimum absolute atomic E-state index is 0.368. The van der Waals surface area contributed by atoms with Crippen LogP contribution in [0.2, 0.25) is 0 Å². The normalized spacial score (nSPS) is 26.0. The fourth-order valence-electron chi connectivity index (χ4n) is 5.05. The van der Waals surface area contributed by atoms with Gasteiger partial charge in [-0.25, -0.2) is 0 Å². The predicted molar refractivity (Wildman–Crippen MR) is 104 cm³/mol. The lowest BCUT2D eigenvalue weighted by molar-refractivity contribution is 0.191. The minimum Gasteiger partial charge on any atom is -0.335 e. The van der Waals surface area contributed by atoms with Crippen molar-refractivity contribution >= 4 is 16.7 Å². The molecule has 1 aromatic heterocycles. The second-order valence-electron chi connectivity index (χ2n) is 7.56. The molecule has 3 aliphatic rings. The van der Waals surface area contributed by atoms with E-state index >= 15 is 0 Å². The van der Waals surface area contributed by atoms with Gasteiger partial charge in [-0.1, -0.05) is 42.5 Å². The van der Waals surface area contributed by atoms with Crippen LogP contribution >= 0.6 is 0 Å². The molecule has 2 bridgehead atoms. The Balaban J connectivity index is 1.73. The molecule has 0 radical (unpaired) electrons. The highest BCUT2D eigenvalue weighted by Gasteiger charge is 2.42. The van der Waals surface area contributed by atoms with Gasteiger partial charge in [0.05, 0.1) is 12.2 Å². The van der Waals surface area contributed by atoms with Crippen LogP contribution in [0.1, 0.15) is 43.0 Å². The van der Waals surface area contributed by atoms with E-state index in [1.807, 2.05) is 0 Å². The summed E-state index contributed by atoms with van der Waals surface area (Å²) in [5, 5.41) is 1.32. The Morgan fingerprint density at radius 2 is 1.48 bits per heavy atom. The summed E-state index contributed by atoms with van der Waals surface area (Å²) in [4.78, 5) is 5.20. The monoisotopic (exact) mass is 331 g/mol. The van der Waals surface area contributed by atoms with E-state index in [1.165, 1.54) is 40.7 Å². The van der Waals surface area contributed by atoms with E-state index in [0.29, 0.717) is 18.2 Å². The van der Waals surface area contributed by atoms with Crippen molar-refractivity contribution < 1.29 is 0 Å². The Morgan fingerprint density at radius 3 is 2.24 bits per heavy atom. The van der Waals surface area contributed by atoms with Crippen LogP contribution in [0.5, 0.6) is 0 Å². The number of aryl methyl sites for hydroxylation is 1. The van der Waals surface area contributed by atoms with Crippen molar-refractivity contribution in [3.8, 4) is 0 Å². The van der Waals surface area contributed by atoms with E-state index in [2.05, 4.69) is 90.0 Å². The molecule has 128 valence electrons. The van der Waals surface area contributed by atoms with Crippen LogP contribution in [-0.2, 0) is 7.05 Å². The second kappa shape index (κ2) is 5.37. The van der Waals surface area contributed by atoms with Gasteiger partial charge in [-0.2, -0.15) is 0 Å². The van der Waals surface area contributed by atoms with Crippen LogP contribution in [0.25, 0.3) is 10.9 Å². The number of benzene rings is 2. The lowest BCUT2D eigenvalue weighted by atomic mass is 9.84. The molecule has 2 aromatic carbocycles. The zero-order valence-electron chi connectivity index (χ0n) is 15.2. The number of hydrogen-bond acceptors (Lipinski definition) is 2. The van der Waals surface area contributed by atoms with E-state index in [-0.39, 0.29) is 0 Å². The molecule has 3 atom stereocenters. The number of rotatable bonds is 1. The number of fused-ring (bicyclic) bond motifs is 4. The van der Waals surface area contributed by atoms with Gasteiger partial charge >= 0.3 is 0 Å². The summed E-state index contributed by atoms with van der Waals surface area (Å²) in [5.41, 5.74) is 4.34. The number of aromatic nitrogens is 1. The van der Waals surface area contributed by atoms with Gasteiger partial charge in [0.25, 0.3) is 0 Å². The molecule has 2 aliphatic heterocycles. The van der Waals surface area contributed by atoms with Crippen molar-refractivity contribution in [2.45, 2.75) is 38.0 Å². The first kappa shape index (κ1) is 15.0. The van der Waals surface area contributed by atoms with Crippen molar-refractivity contribution in [2.75, 3.05) is 11.9 Å². The maximum atomic E-state index is 2.64. The molecule has 1 saturated heterocycles. The van der Waals surface area contributed by atoms with Crippen LogP contribution < -0.4 is 4.90 Å². The third-order valence-electron chi connectivity index (χ3n) is 6.44. The average Bonchev–Trinajstić information content (AvgIpc) is 2.88. The highest BCUT2D eigenvalue weighted by Crippen LogP contribution is 2.49. The Labute approximate surface area is 149 Å². The summed E-state index contributed by atoms with van der Waals surface area (Å²) in [7, 11) is 4.49. The van der Waals surface area contributed by atoms with Gasteiger partial charge in [0, 0.05) is 24.0 Å². The molecular formula is C22H25N3. The van der Waals surface area contributed by atoms with E-state index in [1.54, 1.807) is 0 Å². The quantitative estimate of drug-likeness (QED) is 0.631. The third kappa shape index (κ3) is 2.02. The maximum Gasteiger partial charge on any atom is 0.111 e. The number of hydrogen-bond donors (Lipinski definition) is 0. The Bertz CT molecular complexity index is 941. The van der Waals surface area contributed by atoms with Gasteiger partial charge < -0.3 is 9.47 Å². The Kier molecular flexibility index (Phi) is 3.23. The lowest BCUT2D eigenvalue weighted by Gasteiger charge is -2.38. The van der Waals surface area contributed by atoms with Crippen LogP contribution in [-0.4, -0.2) is 22.7 Å². The molecule has 6 rings (SSSR count). The summed E-state index contributed by atoms with van der Waals surface area (Å²) in [6.07, 6.45) is 2.83. The van der Waals surface area contributed by atoms with E-state index in [9.17, 15) is 0 Å². The van der Waals surface area contributed by atoms with Crippen molar-refractivity contribution in [1.29, 1.82) is 0 Å². The summed E-state index contributed by atoms with van der Waals surface area (Å²) in [6, 6.07) is 21.1. The molecule has 1 fully saturated rings. The van der Waals surface area contributed by atoms with Gasteiger partial charge in [-0.05, 0) is 50.1 Å². The molecule has 0 N–H and O–H groups in total. The summed E-state index contributed by atoms with van der Waals surface area (Å²) < 4.78 is 2.36. The van der Waals surface area contributed by atoms with Crippen LogP contribution in [0, 0.1) is 0 Å². The molecule has 3 heteroatoms. The first-order valence-corrected chi connectivity index (χ1v) is 9.30. The molecule has 1 aliphatic carbocycles. The van der Waals surface area contributed by atoms with Gasteiger partial charge in [0.2, 0.25) is 0 Å². The number of anilines is 1. The molecule has 3 nitrogen and oxygen atoms in total. The lowest BCUT2D eigenvalue weighted by Crippen LogP contribution is -2.44. The van der Waals surface area contributed by atoms with E-state index in [0.717, 1.165) is 0 Å². The summed E-state index contributed by atoms with van der Waals surface area (Å²) in [6.45, 7) is 2.36. The van der Waals surface area contributed by atoms with Crippen molar-refractivity contribution in [1.82, 2.24) is 9.47 Å². The maximum absolute atomic E-state index is 2.64. The first-order chi connectivity index (χ1) is 12.2. The van der Waals surface area contributed by atoms with E-state index < -0.39 is 0 Å².